The predicted octanol–water partition coefficient (Wildman–Crippen LogP) is 5.08. The summed E-state index contributed by atoms with van der Waals surface area (Å²) in [6.45, 7) is 0. The number of hydrogen-bond donors (Lipinski definition) is 0. The molecule has 0 radical (unpaired) electrons. The van der Waals surface area contributed by atoms with E-state index >= 15 is 0 Å². The SMILES string of the molecule is CSc1ccc(C2=C(c3ccc(S(C)(=O)=O)cc3)CC3(CCC3)C2)nc1. The summed E-state index contributed by atoms with van der Waals surface area (Å²) in [6.07, 6.45) is 11.3. The first kappa shape index (κ1) is 17.8. The Morgan fingerprint density at radius 3 is 2.19 bits per heavy atom. The Balaban J connectivity index is 1.75. The van der Waals surface area contributed by atoms with Crippen molar-refractivity contribution in [2.24, 2.45) is 5.41 Å². The van der Waals surface area contributed by atoms with Crippen LogP contribution in [0.2, 0.25) is 0 Å². The van der Waals surface area contributed by atoms with Crippen LogP contribution in [0.1, 0.15) is 43.4 Å². The Morgan fingerprint density at radius 2 is 1.69 bits per heavy atom. The van der Waals surface area contributed by atoms with Gasteiger partial charge < -0.3 is 0 Å². The Kier molecular flexibility index (Phi) is 4.48. The highest BCUT2D eigenvalue weighted by Gasteiger charge is 2.44. The Morgan fingerprint density at radius 1 is 1.00 bits per heavy atom. The van der Waals surface area contributed by atoms with E-state index in [-0.39, 0.29) is 0 Å². The van der Waals surface area contributed by atoms with Gasteiger partial charge in [0.2, 0.25) is 0 Å². The molecule has 1 aromatic carbocycles. The largest absolute Gasteiger partial charge is 0.255 e. The van der Waals surface area contributed by atoms with Crippen LogP contribution in [0.25, 0.3) is 11.1 Å². The second-order valence-corrected chi connectivity index (χ2v) is 10.4. The molecule has 136 valence electrons. The molecule has 1 fully saturated rings. The molecule has 5 heteroatoms. The van der Waals surface area contributed by atoms with Gasteiger partial charge in [-0.15, -0.1) is 11.8 Å². The summed E-state index contributed by atoms with van der Waals surface area (Å²) >= 11 is 1.70. The van der Waals surface area contributed by atoms with Crippen molar-refractivity contribution in [1.29, 1.82) is 0 Å². The van der Waals surface area contributed by atoms with Crippen LogP contribution in [-0.2, 0) is 9.84 Å². The molecule has 2 aliphatic carbocycles. The van der Waals surface area contributed by atoms with Crippen LogP contribution < -0.4 is 0 Å². The molecule has 3 nitrogen and oxygen atoms in total. The Labute approximate surface area is 159 Å². The average molecular weight is 386 g/mol. The number of thioether (sulfide) groups is 1. The summed E-state index contributed by atoms with van der Waals surface area (Å²) in [5, 5.41) is 0. The third kappa shape index (κ3) is 3.23. The third-order valence-electron chi connectivity index (χ3n) is 5.79. The van der Waals surface area contributed by atoms with Crippen LogP contribution in [0.4, 0.5) is 0 Å². The molecular formula is C21H23NO2S2. The maximum absolute atomic E-state index is 11.7. The number of nitrogens with zero attached hydrogens (tertiary/aromatic N) is 1. The van der Waals surface area contributed by atoms with E-state index in [0.717, 1.165) is 24.1 Å². The van der Waals surface area contributed by atoms with Gasteiger partial charge in [0.1, 0.15) is 0 Å². The monoisotopic (exact) mass is 385 g/mol. The van der Waals surface area contributed by atoms with Crippen molar-refractivity contribution in [2.75, 3.05) is 12.5 Å². The number of benzene rings is 1. The van der Waals surface area contributed by atoms with Crippen molar-refractivity contribution in [2.45, 2.75) is 41.9 Å². The molecule has 4 rings (SSSR count). The number of sulfone groups is 1. The van der Waals surface area contributed by atoms with Gasteiger partial charge in [-0.05, 0) is 78.3 Å². The van der Waals surface area contributed by atoms with Gasteiger partial charge >= 0.3 is 0 Å². The van der Waals surface area contributed by atoms with Gasteiger partial charge in [-0.25, -0.2) is 8.42 Å². The van der Waals surface area contributed by atoms with Crippen LogP contribution >= 0.6 is 11.8 Å². The van der Waals surface area contributed by atoms with Crippen molar-refractivity contribution in [3.05, 3.63) is 53.9 Å². The normalized spacial score (nSPS) is 19.0. The summed E-state index contributed by atoms with van der Waals surface area (Å²) < 4.78 is 23.5. The van der Waals surface area contributed by atoms with Crippen molar-refractivity contribution in [3.8, 4) is 0 Å². The summed E-state index contributed by atoms with van der Waals surface area (Å²) in [5.74, 6) is 0. The number of allylic oxidation sites excluding steroid dienone is 2. The minimum absolute atomic E-state index is 0.377. The van der Waals surface area contributed by atoms with Crippen LogP contribution in [-0.4, -0.2) is 25.9 Å². The topological polar surface area (TPSA) is 47.0 Å². The molecule has 1 aromatic heterocycles. The molecule has 2 aromatic rings. The third-order valence-corrected chi connectivity index (χ3v) is 7.64. The quantitative estimate of drug-likeness (QED) is 0.689. The zero-order valence-electron chi connectivity index (χ0n) is 15.2. The van der Waals surface area contributed by atoms with E-state index < -0.39 is 9.84 Å². The number of hydrogen-bond acceptors (Lipinski definition) is 4. The fourth-order valence-corrected chi connectivity index (χ4v) is 5.15. The van der Waals surface area contributed by atoms with E-state index in [1.54, 1.807) is 23.9 Å². The second-order valence-electron chi connectivity index (χ2n) is 7.54. The first-order valence-electron chi connectivity index (χ1n) is 8.93. The zero-order chi connectivity index (χ0) is 18.4. The molecule has 0 atom stereocenters. The lowest BCUT2D eigenvalue weighted by Gasteiger charge is -2.39. The molecule has 0 saturated heterocycles. The first-order valence-corrected chi connectivity index (χ1v) is 12.0. The average Bonchev–Trinajstić information content (AvgIpc) is 3.03. The Bertz CT molecular complexity index is 954. The summed E-state index contributed by atoms with van der Waals surface area (Å²) in [4.78, 5) is 6.26. The van der Waals surface area contributed by atoms with Crippen molar-refractivity contribution >= 4 is 32.7 Å². The molecule has 1 saturated carbocycles. The van der Waals surface area contributed by atoms with Gasteiger partial charge in [0, 0.05) is 17.3 Å². The molecule has 0 aliphatic heterocycles. The molecular weight excluding hydrogens is 362 g/mol. The molecule has 0 bridgehead atoms. The van der Waals surface area contributed by atoms with Gasteiger partial charge in [0.05, 0.1) is 10.6 Å². The van der Waals surface area contributed by atoms with Gasteiger partial charge in [0.25, 0.3) is 0 Å². The van der Waals surface area contributed by atoms with Crippen molar-refractivity contribution < 1.29 is 8.42 Å². The maximum Gasteiger partial charge on any atom is 0.175 e. The molecule has 0 amide bonds. The van der Waals surface area contributed by atoms with E-state index in [9.17, 15) is 8.42 Å². The maximum atomic E-state index is 11.7. The van der Waals surface area contributed by atoms with E-state index in [4.69, 9.17) is 4.98 Å². The molecule has 1 heterocycles. The van der Waals surface area contributed by atoms with E-state index in [2.05, 4.69) is 18.4 Å². The highest BCUT2D eigenvalue weighted by molar-refractivity contribution is 7.98. The lowest BCUT2D eigenvalue weighted by atomic mass is 9.66. The van der Waals surface area contributed by atoms with Crippen LogP contribution in [0.5, 0.6) is 0 Å². The second kappa shape index (κ2) is 6.54. The molecule has 0 N–H and O–H groups in total. The van der Waals surface area contributed by atoms with Gasteiger partial charge in [-0.3, -0.25) is 4.98 Å². The van der Waals surface area contributed by atoms with Gasteiger partial charge in [0.15, 0.2) is 9.84 Å². The molecule has 1 spiro atoms. The van der Waals surface area contributed by atoms with Gasteiger partial charge in [-0.1, -0.05) is 18.6 Å². The highest BCUT2D eigenvalue weighted by atomic mass is 32.2. The van der Waals surface area contributed by atoms with Crippen molar-refractivity contribution in [1.82, 2.24) is 4.98 Å². The fourth-order valence-electron chi connectivity index (χ4n) is 4.16. The minimum Gasteiger partial charge on any atom is -0.255 e. The number of rotatable bonds is 4. The molecule has 0 unspecified atom stereocenters. The standard InChI is InChI=1S/C21H23NO2S2/c1-25-16-6-9-20(22-14-16)19-13-21(10-3-11-21)12-18(19)15-4-7-17(8-5-15)26(2,23)24/h4-9,14H,3,10-13H2,1-2H3. The van der Waals surface area contributed by atoms with E-state index in [1.165, 1.54) is 41.6 Å². The molecule has 2 aliphatic rings. The summed E-state index contributed by atoms with van der Waals surface area (Å²) in [7, 11) is -3.16. The fraction of sp³-hybridized carbons (Fsp3) is 0.381. The minimum atomic E-state index is -3.16. The lowest BCUT2D eigenvalue weighted by molar-refractivity contribution is 0.157. The molecule has 26 heavy (non-hydrogen) atoms. The van der Waals surface area contributed by atoms with E-state index in [1.807, 2.05) is 18.3 Å². The van der Waals surface area contributed by atoms with Gasteiger partial charge in [-0.2, -0.15) is 0 Å². The van der Waals surface area contributed by atoms with E-state index in [0.29, 0.717) is 10.3 Å². The first-order chi connectivity index (χ1) is 12.4. The highest BCUT2D eigenvalue weighted by Crippen LogP contribution is 2.59. The smallest absolute Gasteiger partial charge is 0.175 e. The van der Waals surface area contributed by atoms with Crippen LogP contribution in [0.3, 0.4) is 0 Å². The van der Waals surface area contributed by atoms with Crippen LogP contribution in [0, 0.1) is 5.41 Å². The lowest BCUT2D eigenvalue weighted by Crippen LogP contribution is -2.26. The zero-order valence-corrected chi connectivity index (χ0v) is 16.8. The summed E-state index contributed by atoms with van der Waals surface area (Å²) in [5.41, 5.74) is 5.28. The predicted molar refractivity (Wildman–Crippen MR) is 108 cm³/mol. The summed E-state index contributed by atoms with van der Waals surface area (Å²) in [6, 6.07) is 11.6. The number of aromatic nitrogens is 1. The van der Waals surface area contributed by atoms with Crippen LogP contribution in [0.15, 0.2) is 52.4 Å². The van der Waals surface area contributed by atoms with Crippen molar-refractivity contribution in [3.63, 3.8) is 0 Å². The Hall–Kier alpha value is -1.59. The number of pyridine rings is 1.